The minimum atomic E-state index is -2.38. The van der Waals surface area contributed by atoms with Crippen LogP contribution in [0.15, 0.2) is 52.6 Å². The highest BCUT2D eigenvalue weighted by molar-refractivity contribution is 5.27. The summed E-state index contributed by atoms with van der Waals surface area (Å²) in [6.07, 6.45) is 7.96. The predicted octanol–water partition coefficient (Wildman–Crippen LogP) is 1.41. The van der Waals surface area contributed by atoms with Gasteiger partial charge in [-0.05, 0) is 11.6 Å². The average molecular weight is 335 g/mol. The maximum atomic E-state index is 12.6. The number of hydrogen-bond acceptors (Lipinski definition) is 6. The molecule has 1 aromatic heterocycles. The molecule has 0 aliphatic carbocycles. The third kappa shape index (κ3) is 3.07. The average Bonchev–Trinajstić information content (AvgIpc) is 3.24. The minimum absolute atomic E-state index is 0.0304. The number of nitrogens with zero attached hydrogens (tertiary/aromatic N) is 3. The highest BCUT2D eigenvalue weighted by Gasteiger charge is 2.31. The molecule has 4 heterocycles. The fourth-order valence-corrected chi connectivity index (χ4v) is 3.16. The first kappa shape index (κ1) is 15.3. The van der Waals surface area contributed by atoms with Gasteiger partial charge in [0.25, 0.3) is 6.43 Å². The number of piperazine rings is 1. The number of nitrogens with one attached hydrogen (secondary N) is 2. The summed E-state index contributed by atoms with van der Waals surface area (Å²) in [5.74, 6) is 0.656. The van der Waals surface area contributed by atoms with Crippen LogP contribution in [0, 0.1) is 0 Å². The molecule has 128 valence electrons. The van der Waals surface area contributed by atoms with Crippen molar-refractivity contribution in [2.45, 2.75) is 18.5 Å². The molecule has 0 saturated carbocycles. The number of aromatic nitrogens is 1. The Morgan fingerprint density at radius 1 is 1.38 bits per heavy atom. The SMILES string of the molecule is FC(F)C1C=CC(CN2CCN3NC(c4ncco4)C=C3C2)=CN1. The number of oxazole rings is 1. The predicted molar refractivity (Wildman–Crippen MR) is 83.8 cm³/mol. The number of hydrogen-bond donors (Lipinski definition) is 2. The second kappa shape index (κ2) is 6.37. The third-order valence-electron chi connectivity index (χ3n) is 4.40. The molecule has 1 fully saturated rings. The topological polar surface area (TPSA) is 56.6 Å². The van der Waals surface area contributed by atoms with Gasteiger partial charge in [-0.3, -0.25) is 4.90 Å². The van der Waals surface area contributed by atoms with Crippen molar-refractivity contribution in [3.8, 4) is 0 Å². The van der Waals surface area contributed by atoms with Crippen LogP contribution in [0.3, 0.4) is 0 Å². The molecule has 6 nitrogen and oxygen atoms in total. The first-order valence-corrected chi connectivity index (χ1v) is 7.96. The summed E-state index contributed by atoms with van der Waals surface area (Å²) in [7, 11) is 0. The highest BCUT2D eigenvalue weighted by atomic mass is 19.3. The molecule has 1 saturated heterocycles. The van der Waals surface area contributed by atoms with Gasteiger partial charge in [0.15, 0.2) is 0 Å². The standard InChI is InChI=1S/C16H19F2N5O/c17-15(18)13-2-1-11(8-20-13)9-22-4-5-23-12(10-22)7-14(21-23)16-19-3-6-24-16/h1-3,6-8,13-15,20-21H,4-5,9-10H2. The fraction of sp³-hybridized carbons (Fsp3) is 0.438. The Balaban J connectivity index is 1.36. The minimum Gasteiger partial charge on any atom is -0.447 e. The monoisotopic (exact) mass is 335 g/mol. The number of halogens is 2. The molecule has 24 heavy (non-hydrogen) atoms. The van der Waals surface area contributed by atoms with Crippen molar-refractivity contribution in [1.29, 1.82) is 0 Å². The molecule has 8 heteroatoms. The summed E-state index contributed by atoms with van der Waals surface area (Å²) < 4.78 is 30.6. The second-order valence-electron chi connectivity index (χ2n) is 6.10. The van der Waals surface area contributed by atoms with Gasteiger partial charge in [0, 0.05) is 38.1 Å². The van der Waals surface area contributed by atoms with Crippen molar-refractivity contribution in [2.24, 2.45) is 0 Å². The molecular weight excluding hydrogens is 316 g/mol. The van der Waals surface area contributed by atoms with Crippen molar-refractivity contribution in [3.63, 3.8) is 0 Å². The fourth-order valence-electron chi connectivity index (χ4n) is 3.16. The molecular formula is C16H19F2N5O. The molecule has 1 aromatic rings. The van der Waals surface area contributed by atoms with Crippen LogP contribution in [0.4, 0.5) is 8.78 Å². The zero-order valence-corrected chi connectivity index (χ0v) is 13.0. The van der Waals surface area contributed by atoms with Crippen molar-refractivity contribution < 1.29 is 13.2 Å². The Morgan fingerprint density at radius 3 is 3.00 bits per heavy atom. The first-order valence-electron chi connectivity index (χ1n) is 7.96. The number of fused-ring (bicyclic) bond motifs is 1. The maximum absolute atomic E-state index is 12.6. The van der Waals surface area contributed by atoms with Gasteiger partial charge in [0.2, 0.25) is 5.89 Å². The van der Waals surface area contributed by atoms with Crippen LogP contribution in [-0.4, -0.2) is 53.5 Å². The lowest BCUT2D eigenvalue weighted by atomic mass is 10.1. The molecule has 0 spiro atoms. The zero-order valence-electron chi connectivity index (χ0n) is 13.0. The lowest BCUT2D eigenvalue weighted by Crippen LogP contribution is -2.48. The van der Waals surface area contributed by atoms with Crippen LogP contribution in [0.25, 0.3) is 0 Å². The lowest BCUT2D eigenvalue weighted by molar-refractivity contribution is 0.122. The quantitative estimate of drug-likeness (QED) is 0.868. The molecule has 2 N–H and O–H groups in total. The Labute approximate surface area is 138 Å². The molecule has 0 amide bonds. The number of dihydropyridines is 1. The van der Waals surface area contributed by atoms with Gasteiger partial charge in [-0.25, -0.2) is 19.2 Å². The van der Waals surface area contributed by atoms with Crippen LogP contribution < -0.4 is 10.7 Å². The summed E-state index contributed by atoms with van der Waals surface area (Å²) in [5.41, 5.74) is 5.57. The molecule has 0 aromatic carbocycles. The largest absolute Gasteiger partial charge is 0.447 e. The van der Waals surface area contributed by atoms with Crippen LogP contribution in [0.1, 0.15) is 11.9 Å². The molecule has 2 unspecified atom stereocenters. The summed E-state index contributed by atoms with van der Waals surface area (Å²) in [6.45, 7) is 3.28. The summed E-state index contributed by atoms with van der Waals surface area (Å²) >= 11 is 0. The van der Waals surface area contributed by atoms with E-state index in [1.807, 2.05) is 0 Å². The Morgan fingerprint density at radius 2 is 2.29 bits per heavy atom. The van der Waals surface area contributed by atoms with E-state index in [2.05, 4.69) is 31.7 Å². The molecule has 3 aliphatic rings. The van der Waals surface area contributed by atoms with Gasteiger partial charge in [0.05, 0.1) is 6.20 Å². The lowest BCUT2D eigenvalue weighted by Gasteiger charge is -2.35. The van der Waals surface area contributed by atoms with E-state index in [1.54, 1.807) is 24.7 Å². The highest BCUT2D eigenvalue weighted by Crippen LogP contribution is 2.26. The summed E-state index contributed by atoms with van der Waals surface area (Å²) in [5, 5.41) is 4.87. The molecule has 2 atom stereocenters. The Bertz CT molecular complexity index is 670. The van der Waals surface area contributed by atoms with Crippen molar-refractivity contribution in [3.05, 3.63) is 54.0 Å². The van der Waals surface area contributed by atoms with Crippen LogP contribution >= 0.6 is 0 Å². The molecule has 0 radical (unpaired) electrons. The normalized spacial score (nSPS) is 27.0. The third-order valence-corrected chi connectivity index (χ3v) is 4.40. The Hall–Kier alpha value is -2.19. The van der Waals surface area contributed by atoms with E-state index >= 15 is 0 Å². The summed E-state index contributed by atoms with van der Waals surface area (Å²) in [6, 6.07) is -0.911. The van der Waals surface area contributed by atoms with Gasteiger partial charge >= 0.3 is 0 Å². The smallest absolute Gasteiger partial charge is 0.261 e. The number of hydrazine groups is 1. The van der Waals surface area contributed by atoms with E-state index in [4.69, 9.17) is 4.42 Å². The van der Waals surface area contributed by atoms with Crippen molar-refractivity contribution in [1.82, 2.24) is 25.6 Å². The maximum Gasteiger partial charge on any atom is 0.261 e. The van der Waals surface area contributed by atoms with Crippen LogP contribution in [0.5, 0.6) is 0 Å². The van der Waals surface area contributed by atoms with Gasteiger partial charge < -0.3 is 14.7 Å². The summed E-state index contributed by atoms with van der Waals surface area (Å²) in [4.78, 5) is 6.48. The van der Waals surface area contributed by atoms with Gasteiger partial charge in [0.1, 0.15) is 18.3 Å². The van der Waals surface area contributed by atoms with E-state index in [1.165, 1.54) is 11.8 Å². The zero-order chi connectivity index (χ0) is 16.5. The number of alkyl halides is 2. The molecule has 4 rings (SSSR count). The first-order chi connectivity index (χ1) is 11.7. The van der Waals surface area contributed by atoms with Crippen LogP contribution in [-0.2, 0) is 0 Å². The second-order valence-corrected chi connectivity index (χ2v) is 6.10. The molecule has 3 aliphatic heterocycles. The van der Waals surface area contributed by atoms with Gasteiger partial charge in [-0.2, -0.15) is 0 Å². The number of rotatable bonds is 4. The van der Waals surface area contributed by atoms with Crippen molar-refractivity contribution in [2.75, 3.05) is 26.2 Å². The Kier molecular flexibility index (Phi) is 4.07. The van der Waals surface area contributed by atoms with Gasteiger partial charge in [-0.1, -0.05) is 12.2 Å². The van der Waals surface area contributed by atoms with E-state index in [-0.39, 0.29) is 6.04 Å². The van der Waals surface area contributed by atoms with E-state index in [9.17, 15) is 8.78 Å². The van der Waals surface area contributed by atoms with E-state index < -0.39 is 12.5 Å². The van der Waals surface area contributed by atoms with Gasteiger partial charge in [-0.15, -0.1) is 0 Å². The van der Waals surface area contributed by atoms with E-state index in [0.29, 0.717) is 5.89 Å². The van der Waals surface area contributed by atoms with Crippen molar-refractivity contribution >= 4 is 0 Å². The molecule has 0 bridgehead atoms. The van der Waals surface area contributed by atoms with Crippen LogP contribution in [0.2, 0.25) is 0 Å². The van der Waals surface area contributed by atoms with E-state index in [0.717, 1.165) is 31.8 Å².